The average molecular weight is 348 g/mol. The van der Waals surface area contributed by atoms with Gasteiger partial charge in [0.25, 0.3) is 0 Å². The van der Waals surface area contributed by atoms with Crippen LogP contribution < -0.4 is 10.2 Å². The first-order chi connectivity index (χ1) is 12.1. The highest BCUT2D eigenvalue weighted by Gasteiger charge is 2.12. The van der Waals surface area contributed by atoms with Crippen LogP contribution in [0, 0.1) is 0 Å². The van der Waals surface area contributed by atoms with Crippen LogP contribution >= 0.6 is 11.3 Å². The number of pyridine rings is 1. The van der Waals surface area contributed by atoms with Crippen LogP contribution in [0.3, 0.4) is 0 Å². The van der Waals surface area contributed by atoms with Crippen LogP contribution in [0.4, 0.5) is 17.2 Å². The zero-order valence-electron chi connectivity index (χ0n) is 14.5. The van der Waals surface area contributed by atoms with Gasteiger partial charge in [-0.2, -0.15) is 11.3 Å². The van der Waals surface area contributed by atoms with E-state index in [4.69, 9.17) is 0 Å². The van der Waals surface area contributed by atoms with Crippen LogP contribution in [0.15, 0.2) is 59.4 Å². The van der Waals surface area contributed by atoms with E-state index in [0.717, 1.165) is 22.6 Å². The molecule has 0 fully saturated rings. The van der Waals surface area contributed by atoms with Crippen molar-refractivity contribution in [3.63, 3.8) is 0 Å². The van der Waals surface area contributed by atoms with Crippen molar-refractivity contribution >= 4 is 39.4 Å². The number of fused-ring (bicyclic) bond motifs is 1. The Balaban J connectivity index is 1.78. The summed E-state index contributed by atoms with van der Waals surface area (Å²) in [6.07, 6.45) is 1.86. The van der Waals surface area contributed by atoms with Crippen molar-refractivity contribution in [2.45, 2.75) is 0 Å². The first-order valence-electron chi connectivity index (χ1n) is 8.15. The Morgan fingerprint density at radius 2 is 2.00 bits per heavy atom. The molecule has 4 nitrogen and oxygen atoms in total. The Labute approximate surface area is 151 Å². The highest BCUT2D eigenvalue weighted by molar-refractivity contribution is 7.08. The van der Waals surface area contributed by atoms with Crippen molar-refractivity contribution in [3.8, 4) is 11.3 Å². The monoisotopic (exact) mass is 348 g/mol. The fourth-order valence-electron chi connectivity index (χ4n) is 3.05. The smallest absolute Gasteiger partial charge is 0.139 e. The van der Waals surface area contributed by atoms with Gasteiger partial charge in [-0.15, -0.1) is 0 Å². The van der Waals surface area contributed by atoms with E-state index in [2.05, 4.69) is 80.0 Å². The molecule has 0 atom stereocenters. The van der Waals surface area contributed by atoms with Crippen LogP contribution in [0.5, 0.6) is 0 Å². The Morgan fingerprint density at radius 1 is 1.12 bits per heavy atom. The molecular formula is C20H20N4S. The number of hydrogen-bond donors (Lipinski definition) is 1. The van der Waals surface area contributed by atoms with Crippen LogP contribution in [0.2, 0.25) is 0 Å². The number of benzene rings is 1. The van der Waals surface area contributed by atoms with Crippen molar-refractivity contribution in [2.24, 2.45) is 7.05 Å². The van der Waals surface area contributed by atoms with E-state index in [9.17, 15) is 0 Å². The van der Waals surface area contributed by atoms with Crippen LogP contribution in [0.1, 0.15) is 0 Å². The molecule has 0 bridgehead atoms. The summed E-state index contributed by atoms with van der Waals surface area (Å²) >= 11 is 1.71. The molecule has 3 heterocycles. The number of anilines is 3. The summed E-state index contributed by atoms with van der Waals surface area (Å²) < 4.78 is 2.22. The number of rotatable bonds is 4. The second-order valence-electron chi connectivity index (χ2n) is 6.26. The summed E-state index contributed by atoms with van der Waals surface area (Å²) in [6, 6.07) is 14.8. The lowest BCUT2D eigenvalue weighted by Gasteiger charge is -2.14. The third-order valence-corrected chi connectivity index (χ3v) is 5.10. The molecule has 0 aliphatic heterocycles. The van der Waals surface area contributed by atoms with E-state index in [1.165, 1.54) is 16.8 Å². The van der Waals surface area contributed by atoms with Gasteiger partial charge in [-0.25, -0.2) is 4.98 Å². The fraction of sp³-hybridized carbons (Fsp3) is 0.150. The van der Waals surface area contributed by atoms with E-state index in [1.807, 2.05) is 20.3 Å². The van der Waals surface area contributed by atoms with Gasteiger partial charge in [0.1, 0.15) is 5.82 Å². The third-order valence-electron chi connectivity index (χ3n) is 4.41. The van der Waals surface area contributed by atoms with Crippen molar-refractivity contribution in [2.75, 3.05) is 24.3 Å². The van der Waals surface area contributed by atoms with Crippen molar-refractivity contribution in [1.82, 2.24) is 9.55 Å². The number of nitrogens with zero attached hydrogens (tertiary/aromatic N) is 3. The van der Waals surface area contributed by atoms with Gasteiger partial charge < -0.3 is 14.8 Å². The van der Waals surface area contributed by atoms with Gasteiger partial charge in [-0.05, 0) is 41.8 Å². The number of nitrogens with one attached hydrogen (secondary N) is 1. The maximum Gasteiger partial charge on any atom is 0.139 e. The predicted molar refractivity (Wildman–Crippen MR) is 108 cm³/mol. The normalized spacial score (nSPS) is 11.0. The molecule has 5 heteroatoms. The van der Waals surface area contributed by atoms with Crippen molar-refractivity contribution in [3.05, 3.63) is 59.4 Å². The molecule has 0 amide bonds. The Morgan fingerprint density at radius 3 is 2.76 bits per heavy atom. The molecule has 0 aliphatic carbocycles. The molecule has 0 saturated carbocycles. The molecule has 3 aromatic heterocycles. The zero-order chi connectivity index (χ0) is 17.4. The number of thiophene rings is 1. The van der Waals surface area contributed by atoms with E-state index < -0.39 is 0 Å². The number of hydrogen-bond acceptors (Lipinski definition) is 4. The SMILES string of the molecule is CN(C)c1cccc(Nc2nccc3c2cc(-c2ccsc2)n3C)c1. The summed E-state index contributed by atoms with van der Waals surface area (Å²) in [5.74, 6) is 0.880. The quantitative estimate of drug-likeness (QED) is 0.556. The van der Waals surface area contributed by atoms with E-state index >= 15 is 0 Å². The summed E-state index contributed by atoms with van der Waals surface area (Å²) in [5.41, 5.74) is 5.80. The molecule has 0 spiro atoms. The molecule has 1 aromatic carbocycles. The second-order valence-corrected chi connectivity index (χ2v) is 7.04. The molecule has 1 N–H and O–H groups in total. The zero-order valence-corrected chi connectivity index (χ0v) is 15.3. The van der Waals surface area contributed by atoms with Gasteiger partial charge in [-0.1, -0.05) is 6.07 Å². The Bertz CT molecular complexity index is 1020. The highest BCUT2D eigenvalue weighted by Crippen LogP contribution is 2.33. The van der Waals surface area contributed by atoms with E-state index in [-0.39, 0.29) is 0 Å². The number of aromatic nitrogens is 2. The lowest BCUT2D eigenvalue weighted by molar-refractivity contribution is 0.978. The molecule has 25 heavy (non-hydrogen) atoms. The summed E-state index contributed by atoms with van der Waals surface area (Å²) in [4.78, 5) is 6.67. The summed E-state index contributed by atoms with van der Waals surface area (Å²) in [6.45, 7) is 0. The van der Waals surface area contributed by atoms with Gasteiger partial charge in [0.05, 0.1) is 5.52 Å². The second kappa shape index (κ2) is 6.26. The minimum absolute atomic E-state index is 0.880. The average Bonchev–Trinajstić information content (AvgIpc) is 3.24. The van der Waals surface area contributed by atoms with Crippen molar-refractivity contribution in [1.29, 1.82) is 0 Å². The molecule has 0 radical (unpaired) electrons. The largest absolute Gasteiger partial charge is 0.378 e. The van der Waals surface area contributed by atoms with Crippen molar-refractivity contribution < 1.29 is 0 Å². The van der Waals surface area contributed by atoms with Crippen LogP contribution in [-0.2, 0) is 7.05 Å². The maximum atomic E-state index is 4.58. The molecular weight excluding hydrogens is 328 g/mol. The topological polar surface area (TPSA) is 33.1 Å². The van der Waals surface area contributed by atoms with Gasteiger partial charge in [0.2, 0.25) is 0 Å². The highest BCUT2D eigenvalue weighted by atomic mass is 32.1. The van der Waals surface area contributed by atoms with Gasteiger partial charge in [-0.3, -0.25) is 0 Å². The van der Waals surface area contributed by atoms with Crippen LogP contribution in [-0.4, -0.2) is 23.6 Å². The van der Waals surface area contributed by atoms with Gasteiger partial charge in [0.15, 0.2) is 0 Å². The van der Waals surface area contributed by atoms with Gasteiger partial charge >= 0.3 is 0 Å². The Hall–Kier alpha value is -2.79. The number of aryl methyl sites for hydroxylation is 1. The fourth-order valence-corrected chi connectivity index (χ4v) is 3.70. The molecule has 0 saturated heterocycles. The van der Waals surface area contributed by atoms with E-state index in [1.54, 1.807) is 11.3 Å². The lowest BCUT2D eigenvalue weighted by Crippen LogP contribution is -2.08. The molecule has 4 rings (SSSR count). The molecule has 0 aliphatic rings. The molecule has 4 aromatic rings. The van der Waals surface area contributed by atoms with Crippen LogP contribution in [0.25, 0.3) is 22.2 Å². The minimum Gasteiger partial charge on any atom is -0.378 e. The minimum atomic E-state index is 0.880. The lowest BCUT2D eigenvalue weighted by atomic mass is 10.2. The Kier molecular flexibility index (Phi) is 3.93. The van der Waals surface area contributed by atoms with E-state index in [0.29, 0.717) is 0 Å². The molecule has 126 valence electrons. The standard InChI is InChI=1S/C20H20N4S/c1-23(2)16-6-4-5-15(11-16)22-20-17-12-19(14-8-10-25-13-14)24(3)18(17)7-9-21-20/h4-13H,1-3H3,(H,21,22). The predicted octanol–water partition coefficient (Wildman–Crippen LogP) is 5.11. The summed E-state index contributed by atoms with van der Waals surface area (Å²) in [7, 11) is 6.19. The third kappa shape index (κ3) is 2.87. The first-order valence-corrected chi connectivity index (χ1v) is 9.09. The maximum absolute atomic E-state index is 4.58. The van der Waals surface area contributed by atoms with Gasteiger partial charge in [0, 0.05) is 60.7 Å². The molecule has 0 unspecified atom stereocenters. The first kappa shape index (κ1) is 15.7. The summed E-state index contributed by atoms with van der Waals surface area (Å²) in [5, 5.41) is 8.89.